The monoisotopic (exact) mass is 1540 g/mol. The fraction of sp³-hybridized carbons (Fsp3) is 0.596. The van der Waals surface area contributed by atoms with Crippen molar-refractivity contribution in [3.63, 3.8) is 0 Å². The number of aliphatic hydroxyl groups excluding tert-OH is 1. The van der Waals surface area contributed by atoms with Crippen molar-refractivity contribution in [1.29, 1.82) is 0 Å². The molecule has 0 radical (unpaired) electrons. The zero-order chi connectivity index (χ0) is 78.9. The zero-order valence-corrected chi connectivity index (χ0v) is 68.5. The summed E-state index contributed by atoms with van der Waals surface area (Å²) in [6, 6.07) is 0. The standard InChI is InChI=1S/C89H142O17P2/c1-5-9-13-17-21-25-29-33-37-40-41-44-47-50-54-58-62-66-70-74-87(92)100-80-85(106-89(94)76-72-68-64-60-56-52-48-43-39-35-31-27-23-19-15-11-7-3)82-104-108(97,98)102-78-83(90)77-101-107(95,96)103-81-84(105-88(93)75-71-67-63-59-55-51-45-36-32-28-24-20-16-12-8-4)79-99-86(91)73-69-65-61-57-53-49-46-42-38-34-30-26-22-18-14-10-6-2/h9-11,13-15,21-28,33-39,41,44-46,48-50,52,54,60,64,83-85,90H,5-8,12,16-20,29-32,40,42-43,47,51,53,55-59,61-63,65-82H2,1-4H3,(H,95,96)(H,97,98)/b13-9-,14-10-,15-11-,25-21-,26-22-,27-23-,28-24-,37-33-,38-34-,39-35-,44-41-,45-36-,49-46-,52-48-,54-50-,64-60-. The Morgan fingerprint density at radius 2 is 0.491 bits per heavy atom. The van der Waals surface area contributed by atoms with Gasteiger partial charge >= 0.3 is 39.5 Å². The van der Waals surface area contributed by atoms with Crippen molar-refractivity contribution in [2.24, 2.45) is 0 Å². The molecule has 0 saturated heterocycles. The maximum Gasteiger partial charge on any atom is 0.472 e. The first-order chi connectivity index (χ1) is 52.7. The van der Waals surface area contributed by atoms with Crippen LogP contribution in [-0.4, -0.2) is 96.7 Å². The molecule has 0 aromatic rings. The molecule has 0 rings (SSSR count). The Hall–Kier alpha value is -6.10. The third-order valence-electron chi connectivity index (χ3n) is 16.0. The van der Waals surface area contributed by atoms with Gasteiger partial charge in [-0.1, -0.05) is 273 Å². The minimum absolute atomic E-state index is 0.000100. The minimum Gasteiger partial charge on any atom is -0.462 e. The summed E-state index contributed by atoms with van der Waals surface area (Å²) < 4.78 is 68.6. The molecule has 0 heterocycles. The molecule has 108 heavy (non-hydrogen) atoms. The van der Waals surface area contributed by atoms with E-state index in [1.165, 1.54) is 19.3 Å². The number of carbonyl (C=O) groups is 4. The van der Waals surface area contributed by atoms with E-state index in [4.69, 9.17) is 37.0 Å². The summed E-state index contributed by atoms with van der Waals surface area (Å²) in [5.41, 5.74) is 0. The molecule has 0 aliphatic carbocycles. The SMILES string of the molecule is CC/C=C\C/C=C\C/C=C\C/C=C\C/C=C\CCCCCC(=O)OCC(COP(=O)(O)OCC(O)COP(=O)(O)OCC(COC(=O)CCCCCC/C=C\C/C=C\C/C=C\C/C=C\CC)OC(=O)CCCCCCC/C=C\C/C=C\CCCCC)OC(=O)CCC/C=C\C/C=C\C/C=C\C/C=C\C/C=C\CC. The second kappa shape index (κ2) is 79.0. The Morgan fingerprint density at radius 1 is 0.269 bits per heavy atom. The number of esters is 4. The van der Waals surface area contributed by atoms with Crippen LogP contribution in [0, 0.1) is 0 Å². The van der Waals surface area contributed by atoms with Crippen LogP contribution in [0.1, 0.15) is 285 Å². The molecule has 0 aromatic heterocycles. The third-order valence-corrected chi connectivity index (χ3v) is 17.9. The van der Waals surface area contributed by atoms with E-state index in [1.54, 1.807) is 0 Å². The van der Waals surface area contributed by atoms with E-state index in [1.807, 2.05) is 12.2 Å². The average molecular weight is 1550 g/mol. The number of hydrogen-bond acceptors (Lipinski definition) is 15. The highest BCUT2D eigenvalue weighted by Gasteiger charge is 2.30. The second-order valence-corrected chi connectivity index (χ2v) is 29.1. The summed E-state index contributed by atoms with van der Waals surface area (Å²) in [5.74, 6) is -2.34. The molecule has 0 aliphatic rings. The van der Waals surface area contributed by atoms with Crippen LogP contribution < -0.4 is 0 Å². The Labute approximate surface area is 653 Å². The van der Waals surface area contributed by atoms with E-state index in [0.717, 1.165) is 180 Å². The van der Waals surface area contributed by atoms with E-state index >= 15 is 0 Å². The summed E-state index contributed by atoms with van der Waals surface area (Å²) in [6.07, 6.45) is 97.0. The number of ether oxygens (including phenoxy) is 4. The molecule has 0 amide bonds. The highest BCUT2D eigenvalue weighted by Crippen LogP contribution is 2.45. The fourth-order valence-corrected chi connectivity index (χ4v) is 11.5. The van der Waals surface area contributed by atoms with Crippen molar-refractivity contribution < 1.29 is 80.2 Å². The lowest BCUT2D eigenvalue weighted by Crippen LogP contribution is -2.30. The maximum absolute atomic E-state index is 13.1. The molecule has 19 heteroatoms. The molecular weight excluding hydrogens is 1400 g/mol. The third kappa shape index (κ3) is 78.0. The molecule has 5 atom stereocenters. The van der Waals surface area contributed by atoms with E-state index in [0.29, 0.717) is 32.1 Å². The number of phosphoric acid groups is 2. The van der Waals surface area contributed by atoms with Gasteiger partial charge in [0.05, 0.1) is 26.4 Å². The molecule has 0 aromatic carbocycles. The molecule has 0 spiro atoms. The summed E-state index contributed by atoms with van der Waals surface area (Å²) in [5, 5.41) is 10.7. The molecule has 17 nitrogen and oxygen atoms in total. The topological polar surface area (TPSA) is 237 Å². The maximum atomic E-state index is 13.1. The van der Waals surface area contributed by atoms with Crippen molar-refractivity contribution in [1.82, 2.24) is 0 Å². The number of aliphatic hydroxyl groups is 1. The quantitative estimate of drug-likeness (QED) is 0.0169. The van der Waals surface area contributed by atoms with Gasteiger partial charge in [0, 0.05) is 25.7 Å². The van der Waals surface area contributed by atoms with Gasteiger partial charge in [0.2, 0.25) is 0 Å². The van der Waals surface area contributed by atoms with Crippen LogP contribution in [0.3, 0.4) is 0 Å². The predicted octanol–water partition coefficient (Wildman–Crippen LogP) is 24.1. The van der Waals surface area contributed by atoms with Crippen molar-refractivity contribution in [3.8, 4) is 0 Å². The lowest BCUT2D eigenvalue weighted by molar-refractivity contribution is -0.161. The molecule has 0 aliphatic heterocycles. The first-order valence-corrected chi connectivity index (χ1v) is 43.7. The van der Waals surface area contributed by atoms with Gasteiger partial charge in [0.15, 0.2) is 12.2 Å². The highest BCUT2D eigenvalue weighted by atomic mass is 31.2. The Morgan fingerprint density at radius 3 is 0.787 bits per heavy atom. The normalized spacial score (nSPS) is 14.8. The van der Waals surface area contributed by atoms with Crippen molar-refractivity contribution in [3.05, 3.63) is 194 Å². The van der Waals surface area contributed by atoms with Crippen LogP contribution in [0.2, 0.25) is 0 Å². The molecule has 5 unspecified atom stereocenters. The summed E-state index contributed by atoms with van der Waals surface area (Å²) >= 11 is 0. The molecule has 0 saturated carbocycles. The molecule has 610 valence electrons. The number of carbonyl (C=O) groups excluding carboxylic acids is 4. The van der Waals surface area contributed by atoms with Crippen molar-refractivity contribution in [2.45, 2.75) is 303 Å². The zero-order valence-electron chi connectivity index (χ0n) is 66.7. The van der Waals surface area contributed by atoms with Crippen LogP contribution in [0.15, 0.2) is 194 Å². The summed E-state index contributed by atoms with van der Waals surface area (Å²) in [4.78, 5) is 73.1. The smallest absolute Gasteiger partial charge is 0.462 e. The van der Waals surface area contributed by atoms with Crippen LogP contribution in [0.4, 0.5) is 0 Å². The number of unbranched alkanes of at least 4 members (excludes halogenated alkanes) is 16. The van der Waals surface area contributed by atoms with E-state index in [9.17, 15) is 43.2 Å². The number of rotatable bonds is 74. The van der Waals surface area contributed by atoms with Gasteiger partial charge in [0.1, 0.15) is 19.3 Å². The first-order valence-electron chi connectivity index (χ1n) is 40.7. The number of hydrogen-bond donors (Lipinski definition) is 3. The summed E-state index contributed by atoms with van der Waals surface area (Å²) in [6.45, 7) is 4.34. The minimum atomic E-state index is -5.02. The number of phosphoric ester groups is 2. The van der Waals surface area contributed by atoms with E-state index < -0.39 is 97.5 Å². The Bertz CT molecular complexity index is 2810. The first kappa shape index (κ1) is 102. The van der Waals surface area contributed by atoms with Gasteiger partial charge in [-0.05, 0) is 180 Å². The van der Waals surface area contributed by atoms with Crippen molar-refractivity contribution in [2.75, 3.05) is 39.6 Å². The fourth-order valence-electron chi connectivity index (χ4n) is 9.95. The Balaban J connectivity index is 5.52. The van der Waals surface area contributed by atoms with Gasteiger partial charge in [-0.2, -0.15) is 0 Å². The molecule has 0 bridgehead atoms. The van der Waals surface area contributed by atoms with E-state index in [-0.39, 0.29) is 25.7 Å². The van der Waals surface area contributed by atoms with Gasteiger partial charge in [-0.25, -0.2) is 9.13 Å². The van der Waals surface area contributed by atoms with Gasteiger partial charge < -0.3 is 33.8 Å². The van der Waals surface area contributed by atoms with Crippen LogP contribution in [0.5, 0.6) is 0 Å². The average Bonchev–Trinajstić information content (AvgIpc) is 0.906. The van der Waals surface area contributed by atoms with Crippen molar-refractivity contribution >= 4 is 39.5 Å². The van der Waals surface area contributed by atoms with E-state index in [2.05, 4.69) is 210 Å². The largest absolute Gasteiger partial charge is 0.472 e. The molecule has 0 fully saturated rings. The molecule has 3 N–H and O–H groups in total. The van der Waals surface area contributed by atoms with Crippen LogP contribution >= 0.6 is 15.6 Å². The van der Waals surface area contributed by atoms with Gasteiger partial charge in [-0.15, -0.1) is 0 Å². The lowest BCUT2D eigenvalue weighted by atomic mass is 10.1. The second-order valence-electron chi connectivity index (χ2n) is 26.2. The summed E-state index contributed by atoms with van der Waals surface area (Å²) in [7, 11) is -10.0. The lowest BCUT2D eigenvalue weighted by Gasteiger charge is -2.21. The van der Waals surface area contributed by atoms with Crippen LogP contribution in [0.25, 0.3) is 0 Å². The highest BCUT2D eigenvalue weighted by molar-refractivity contribution is 7.47. The Kier molecular flexibility index (Phi) is 74.5. The van der Waals surface area contributed by atoms with Gasteiger partial charge in [0.25, 0.3) is 0 Å². The van der Waals surface area contributed by atoms with Gasteiger partial charge in [-0.3, -0.25) is 37.3 Å². The predicted molar refractivity (Wildman–Crippen MR) is 445 cm³/mol. The molecular formula is C89H142O17P2. The number of allylic oxidation sites excluding steroid dienone is 32. The van der Waals surface area contributed by atoms with Crippen LogP contribution in [-0.2, 0) is 65.4 Å².